The number of H-pyrrole nitrogens is 1. The average molecular weight is 545 g/mol. The lowest BCUT2D eigenvalue weighted by Crippen LogP contribution is -2.46. The van der Waals surface area contributed by atoms with E-state index < -0.39 is 72.9 Å². The molecule has 4 aromatic rings. The maximum absolute atomic E-state index is 14.5. The van der Waals surface area contributed by atoms with Crippen molar-refractivity contribution in [3.8, 4) is 0 Å². The van der Waals surface area contributed by atoms with Crippen LogP contribution >= 0.6 is 0 Å². The number of Topliss-reactive ketones (excluding diaryl/α,β-unsaturated/α-hetero) is 3. The molecule has 0 aliphatic rings. The number of nitrogens with zero attached hydrogens (tertiary/aromatic N) is 1. The third-order valence-corrected chi connectivity index (χ3v) is 7.03. The smallest absolute Gasteiger partial charge is 0.245 e. The molecule has 1 heterocycles. The molecule has 0 saturated heterocycles. The summed E-state index contributed by atoms with van der Waals surface area (Å²) in [5.41, 5.74) is 5.34. The normalized spacial score (nSPS) is 13.3. The minimum absolute atomic E-state index is 0.184. The number of imidazole rings is 1. The first-order chi connectivity index (χ1) is 17.9. The van der Waals surface area contributed by atoms with Crippen LogP contribution in [0.5, 0.6) is 0 Å². The number of fused-ring (bicyclic) bond motifs is 1. The van der Waals surface area contributed by atoms with Crippen molar-refractivity contribution in [3.05, 3.63) is 95.1 Å². The number of ketones is 3. The van der Waals surface area contributed by atoms with Gasteiger partial charge in [-0.2, -0.15) is 4.72 Å². The zero-order valence-corrected chi connectivity index (χ0v) is 20.4. The maximum atomic E-state index is 14.5. The predicted molar refractivity (Wildman–Crippen MR) is 129 cm³/mol. The van der Waals surface area contributed by atoms with Gasteiger partial charge in [0.25, 0.3) is 0 Å². The molecule has 2 unspecified atom stereocenters. The van der Waals surface area contributed by atoms with Crippen molar-refractivity contribution in [2.45, 2.75) is 23.9 Å². The molecule has 0 spiro atoms. The van der Waals surface area contributed by atoms with Gasteiger partial charge in [0, 0.05) is 17.2 Å². The molecule has 38 heavy (non-hydrogen) atoms. The Bertz CT molecular complexity index is 1650. The van der Waals surface area contributed by atoms with Gasteiger partial charge in [-0.3, -0.25) is 14.4 Å². The molecule has 4 N–H and O–H groups in total. The van der Waals surface area contributed by atoms with Gasteiger partial charge in [0.2, 0.25) is 10.0 Å². The number of benzene rings is 3. The van der Waals surface area contributed by atoms with E-state index in [1.807, 2.05) is 0 Å². The Hall–Kier alpha value is -4.20. The van der Waals surface area contributed by atoms with Gasteiger partial charge in [-0.05, 0) is 49.4 Å². The molecule has 0 saturated carbocycles. The van der Waals surface area contributed by atoms with Gasteiger partial charge in [0.05, 0.1) is 11.0 Å². The van der Waals surface area contributed by atoms with E-state index in [9.17, 15) is 36.0 Å². The lowest BCUT2D eigenvalue weighted by atomic mass is 9.89. The van der Waals surface area contributed by atoms with Crippen LogP contribution < -0.4 is 10.5 Å². The quantitative estimate of drug-likeness (QED) is 0.166. The van der Waals surface area contributed by atoms with Crippen LogP contribution in [0.25, 0.3) is 11.0 Å². The molecule has 0 aliphatic carbocycles. The van der Waals surface area contributed by atoms with Gasteiger partial charge >= 0.3 is 0 Å². The van der Waals surface area contributed by atoms with Crippen LogP contribution in [0.2, 0.25) is 0 Å². The van der Waals surface area contributed by atoms with Crippen LogP contribution in [-0.2, 0) is 14.8 Å². The molecule has 3 aromatic carbocycles. The maximum Gasteiger partial charge on any atom is 0.245 e. The fourth-order valence-corrected chi connectivity index (χ4v) is 4.92. The third-order valence-electron chi connectivity index (χ3n) is 5.58. The number of nitrogens with one attached hydrogen (secondary N) is 2. The van der Waals surface area contributed by atoms with Gasteiger partial charge in [0.15, 0.2) is 17.3 Å². The second kappa shape index (κ2) is 10.3. The Kier molecular flexibility index (Phi) is 7.26. The number of carbonyl (C=O) groups is 3. The highest BCUT2D eigenvalue weighted by atomic mass is 32.2. The molecule has 13 heteroatoms. The number of hydrogen-bond donors (Lipinski definition) is 3. The summed E-state index contributed by atoms with van der Waals surface area (Å²) in [7, 11) is -4.72. The minimum Gasteiger partial charge on any atom is -0.341 e. The highest BCUT2D eigenvalue weighted by molar-refractivity contribution is 7.89. The number of sulfonamides is 1. The molecular weight excluding hydrogens is 525 g/mol. The number of aromatic nitrogens is 2. The monoisotopic (exact) mass is 544 g/mol. The van der Waals surface area contributed by atoms with Crippen LogP contribution in [0.3, 0.4) is 0 Å². The molecule has 0 radical (unpaired) electrons. The SMILES string of the molecule is CC(=O)C(N)NS(=O)(=O)c1cc(C(=O)C(C(=O)c2cc(F)cc(F)c2)c2nc3ccccc3[nH]2)ccc1F. The molecule has 2 atom stereocenters. The summed E-state index contributed by atoms with van der Waals surface area (Å²) in [4.78, 5) is 44.5. The second-order valence-corrected chi connectivity index (χ2v) is 10.00. The number of hydrogen-bond acceptors (Lipinski definition) is 7. The Morgan fingerprint density at radius 2 is 1.55 bits per heavy atom. The zero-order chi connectivity index (χ0) is 27.8. The number of nitrogens with two attached hydrogens (primary N) is 1. The third kappa shape index (κ3) is 5.39. The molecule has 0 aliphatic heterocycles. The molecule has 0 fully saturated rings. The van der Waals surface area contributed by atoms with Crippen molar-refractivity contribution in [2.75, 3.05) is 0 Å². The molecule has 1 aromatic heterocycles. The van der Waals surface area contributed by atoms with Gasteiger partial charge in [-0.1, -0.05) is 12.1 Å². The van der Waals surface area contributed by atoms with Gasteiger partial charge in [-0.25, -0.2) is 26.6 Å². The molecule has 0 amide bonds. The predicted octanol–water partition coefficient (Wildman–Crippen LogP) is 2.98. The van der Waals surface area contributed by atoms with Crippen LogP contribution in [0.15, 0.2) is 65.6 Å². The highest BCUT2D eigenvalue weighted by Crippen LogP contribution is 2.28. The zero-order valence-electron chi connectivity index (χ0n) is 19.5. The number of para-hydroxylation sites is 2. The first kappa shape index (κ1) is 26.9. The second-order valence-electron chi connectivity index (χ2n) is 8.31. The number of rotatable bonds is 9. The van der Waals surface area contributed by atoms with Crippen molar-refractivity contribution >= 4 is 38.4 Å². The van der Waals surface area contributed by atoms with Crippen molar-refractivity contribution in [2.24, 2.45) is 5.73 Å². The standard InChI is InChI=1S/C25H19F3N4O5S/c1-12(33)24(29)32-38(36,37)20-10-13(6-7-17(20)28)22(34)21(23(35)14-8-15(26)11-16(27)9-14)25-30-18-4-2-3-5-19(18)31-25/h2-11,21,24,32H,29H2,1H3,(H,30,31). The van der Waals surface area contributed by atoms with E-state index in [-0.39, 0.29) is 5.82 Å². The molecule has 196 valence electrons. The van der Waals surface area contributed by atoms with E-state index in [4.69, 9.17) is 5.73 Å². The molecule has 9 nitrogen and oxygen atoms in total. The lowest BCUT2D eigenvalue weighted by molar-refractivity contribution is -0.118. The number of aromatic amines is 1. The van der Waals surface area contributed by atoms with Crippen LogP contribution in [0, 0.1) is 17.5 Å². The summed E-state index contributed by atoms with van der Waals surface area (Å²) >= 11 is 0. The summed E-state index contributed by atoms with van der Waals surface area (Å²) in [5.74, 6) is -8.21. The Morgan fingerprint density at radius 3 is 2.18 bits per heavy atom. The van der Waals surface area contributed by atoms with Crippen LogP contribution in [0.4, 0.5) is 13.2 Å². The van der Waals surface area contributed by atoms with E-state index in [1.54, 1.807) is 29.0 Å². The van der Waals surface area contributed by atoms with E-state index in [0.29, 0.717) is 29.2 Å². The first-order valence-electron chi connectivity index (χ1n) is 10.9. The lowest BCUT2D eigenvalue weighted by Gasteiger charge is -2.15. The fourth-order valence-electron chi connectivity index (χ4n) is 3.68. The Balaban J connectivity index is 1.83. The summed E-state index contributed by atoms with van der Waals surface area (Å²) in [6.07, 6.45) is -1.67. The molecular formula is C25H19F3N4O5S. The van der Waals surface area contributed by atoms with E-state index in [0.717, 1.165) is 25.1 Å². The summed E-state index contributed by atoms with van der Waals surface area (Å²) in [6.45, 7) is 1.02. The van der Waals surface area contributed by atoms with E-state index in [1.165, 1.54) is 0 Å². The summed E-state index contributed by atoms with van der Waals surface area (Å²) < 4.78 is 69.4. The average Bonchev–Trinajstić information content (AvgIpc) is 3.26. The van der Waals surface area contributed by atoms with Crippen LogP contribution in [0.1, 0.15) is 39.4 Å². The molecule has 4 rings (SSSR count). The van der Waals surface area contributed by atoms with Gasteiger partial charge in [-0.15, -0.1) is 0 Å². The number of halogens is 3. The van der Waals surface area contributed by atoms with Gasteiger partial charge < -0.3 is 10.7 Å². The number of carbonyl (C=O) groups excluding carboxylic acids is 3. The van der Waals surface area contributed by atoms with E-state index in [2.05, 4.69) is 9.97 Å². The van der Waals surface area contributed by atoms with Gasteiger partial charge in [0.1, 0.15) is 40.3 Å². The molecule has 0 bridgehead atoms. The fraction of sp³-hybridized carbons (Fsp3) is 0.120. The minimum atomic E-state index is -4.72. The largest absolute Gasteiger partial charge is 0.341 e. The first-order valence-corrected chi connectivity index (χ1v) is 12.4. The van der Waals surface area contributed by atoms with Crippen molar-refractivity contribution in [1.82, 2.24) is 14.7 Å². The highest BCUT2D eigenvalue weighted by Gasteiger charge is 2.35. The van der Waals surface area contributed by atoms with Crippen molar-refractivity contribution in [1.29, 1.82) is 0 Å². The van der Waals surface area contributed by atoms with E-state index >= 15 is 0 Å². The Labute approximate surface area is 213 Å². The Morgan fingerprint density at radius 1 is 0.921 bits per heavy atom. The summed E-state index contributed by atoms with van der Waals surface area (Å²) in [6, 6.07) is 10.8. The topological polar surface area (TPSA) is 152 Å². The van der Waals surface area contributed by atoms with Crippen molar-refractivity contribution < 1.29 is 36.0 Å². The van der Waals surface area contributed by atoms with Crippen LogP contribution in [-0.4, -0.2) is 41.9 Å². The van der Waals surface area contributed by atoms with Crippen molar-refractivity contribution in [3.63, 3.8) is 0 Å². The summed E-state index contributed by atoms with van der Waals surface area (Å²) in [5, 5.41) is 0.